The molecule has 0 fully saturated rings. The maximum Gasteiger partial charge on any atom is 0.162 e. The summed E-state index contributed by atoms with van der Waals surface area (Å²) in [5.74, 6) is -0.358. The second kappa shape index (κ2) is 4.50. The normalized spacial score (nSPS) is 11.9. The van der Waals surface area contributed by atoms with Crippen LogP contribution in [0.2, 0.25) is 0 Å². The molecule has 0 aliphatic rings. The highest BCUT2D eigenvalue weighted by molar-refractivity contribution is 5.70. The summed E-state index contributed by atoms with van der Waals surface area (Å²) in [6.45, 7) is 1.40. The molecule has 0 aliphatic heterocycles. The van der Waals surface area contributed by atoms with Crippen LogP contribution in [-0.2, 0) is 4.79 Å². The molecule has 0 bridgehead atoms. The van der Waals surface area contributed by atoms with Crippen molar-refractivity contribution in [3.05, 3.63) is 24.3 Å². The fourth-order valence-electron chi connectivity index (χ4n) is 0.955. The van der Waals surface area contributed by atoms with Crippen molar-refractivity contribution in [2.24, 2.45) is 0 Å². The molecule has 76 valence electrons. The molecule has 1 aromatic carbocycles. The number of benzene rings is 1. The van der Waals surface area contributed by atoms with Gasteiger partial charge in [-0.1, -0.05) is 12.1 Å². The van der Waals surface area contributed by atoms with Crippen LogP contribution in [-0.4, -0.2) is 19.2 Å². The lowest BCUT2D eigenvalue weighted by molar-refractivity contribution is -0.312. The Balaban J connectivity index is 2.80. The number of aliphatic carboxylic acids is 1. The molecule has 0 aromatic heterocycles. The number of carboxylic acid groups (broad SMARTS) is 1. The minimum atomic E-state index is -1.25. The summed E-state index contributed by atoms with van der Waals surface area (Å²) in [6, 6.07) is 6.84. The van der Waals surface area contributed by atoms with Gasteiger partial charge in [0.15, 0.2) is 11.5 Å². The van der Waals surface area contributed by atoms with Crippen molar-refractivity contribution in [3.63, 3.8) is 0 Å². The molecule has 0 N–H and O–H groups in total. The van der Waals surface area contributed by atoms with Gasteiger partial charge in [0, 0.05) is 0 Å². The van der Waals surface area contributed by atoms with Gasteiger partial charge in [-0.2, -0.15) is 0 Å². The average molecular weight is 195 g/mol. The van der Waals surface area contributed by atoms with Crippen LogP contribution in [0.5, 0.6) is 11.5 Å². The highest BCUT2D eigenvalue weighted by Gasteiger charge is 2.08. The van der Waals surface area contributed by atoms with Crippen LogP contribution in [0, 0.1) is 0 Å². The van der Waals surface area contributed by atoms with Crippen LogP contribution in [0.3, 0.4) is 0 Å². The third kappa shape index (κ3) is 2.39. The van der Waals surface area contributed by atoms with Gasteiger partial charge in [0.25, 0.3) is 0 Å². The summed E-state index contributed by atoms with van der Waals surface area (Å²) in [6.07, 6.45) is -0.994. The van der Waals surface area contributed by atoms with Crippen molar-refractivity contribution < 1.29 is 19.4 Å². The summed E-state index contributed by atoms with van der Waals surface area (Å²) in [5, 5.41) is 10.4. The van der Waals surface area contributed by atoms with E-state index in [-0.39, 0.29) is 0 Å². The summed E-state index contributed by atoms with van der Waals surface area (Å²) in [7, 11) is 1.49. The molecule has 14 heavy (non-hydrogen) atoms. The van der Waals surface area contributed by atoms with Gasteiger partial charge in [-0.15, -0.1) is 0 Å². The van der Waals surface area contributed by atoms with E-state index in [2.05, 4.69) is 0 Å². The summed E-state index contributed by atoms with van der Waals surface area (Å²) < 4.78 is 10.1. The molecular formula is C10H11O4-. The molecule has 0 heterocycles. The Labute approximate surface area is 82.1 Å². The standard InChI is InChI=1S/C10H12O4/c1-7(10(11)12)14-9-6-4-3-5-8(9)13-2/h3-7H,1-2H3,(H,11,12)/p-1/t7-/m0/s1. The first-order valence-corrected chi connectivity index (χ1v) is 4.15. The Morgan fingerprint density at radius 3 is 2.43 bits per heavy atom. The molecule has 1 rings (SSSR count). The number of para-hydroxylation sites is 2. The van der Waals surface area contributed by atoms with Crippen molar-refractivity contribution in [3.8, 4) is 11.5 Å². The van der Waals surface area contributed by atoms with Crippen molar-refractivity contribution in [2.75, 3.05) is 7.11 Å². The molecule has 0 spiro atoms. The number of ether oxygens (including phenoxy) is 2. The number of carboxylic acids is 1. The Hall–Kier alpha value is -1.71. The molecule has 1 aromatic rings. The predicted octanol–water partition coefficient (Wildman–Crippen LogP) is 0.212. The van der Waals surface area contributed by atoms with Crippen molar-refractivity contribution in [1.82, 2.24) is 0 Å². The topological polar surface area (TPSA) is 58.6 Å². The molecular weight excluding hydrogens is 184 g/mol. The summed E-state index contributed by atoms with van der Waals surface area (Å²) >= 11 is 0. The van der Waals surface area contributed by atoms with Gasteiger partial charge in [0.2, 0.25) is 0 Å². The Kier molecular flexibility index (Phi) is 3.34. The lowest BCUT2D eigenvalue weighted by atomic mass is 10.3. The van der Waals surface area contributed by atoms with E-state index in [1.165, 1.54) is 14.0 Å². The third-order valence-electron chi connectivity index (χ3n) is 1.70. The first-order chi connectivity index (χ1) is 6.65. The van der Waals surface area contributed by atoms with Gasteiger partial charge in [-0.05, 0) is 19.1 Å². The van der Waals surface area contributed by atoms with E-state index in [0.29, 0.717) is 11.5 Å². The lowest BCUT2D eigenvalue weighted by Crippen LogP contribution is -2.37. The van der Waals surface area contributed by atoms with Crippen molar-refractivity contribution >= 4 is 5.97 Å². The minimum Gasteiger partial charge on any atom is -0.546 e. The monoisotopic (exact) mass is 195 g/mol. The van der Waals surface area contributed by atoms with Crippen molar-refractivity contribution in [2.45, 2.75) is 13.0 Å². The van der Waals surface area contributed by atoms with Gasteiger partial charge in [0.05, 0.1) is 13.1 Å². The predicted molar refractivity (Wildman–Crippen MR) is 48.1 cm³/mol. The number of carbonyl (C=O) groups excluding carboxylic acids is 1. The fraction of sp³-hybridized carbons (Fsp3) is 0.300. The maximum atomic E-state index is 10.4. The van der Waals surface area contributed by atoms with Gasteiger partial charge >= 0.3 is 0 Å². The Bertz CT molecular complexity index is 322. The highest BCUT2D eigenvalue weighted by atomic mass is 16.5. The van der Waals surface area contributed by atoms with E-state index in [4.69, 9.17) is 9.47 Å². The maximum absolute atomic E-state index is 10.4. The first kappa shape index (κ1) is 10.4. The van der Waals surface area contributed by atoms with Crippen molar-refractivity contribution in [1.29, 1.82) is 0 Å². The smallest absolute Gasteiger partial charge is 0.162 e. The zero-order valence-electron chi connectivity index (χ0n) is 8.02. The minimum absolute atomic E-state index is 0.395. The van der Waals surface area contributed by atoms with Crippen LogP contribution in [0.1, 0.15) is 6.92 Å². The number of hydrogen-bond acceptors (Lipinski definition) is 4. The lowest BCUT2D eigenvalue weighted by Gasteiger charge is -2.17. The molecule has 0 amide bonds. The summed E-state index contributed by atoms with van der Waals surface area (Å²) in [4.78, 5) is 10.4. The molecule has 0 saturated heterocycles. The average Bonchev–Trinajstić information content (AvgIpc) is 2.18. The Morgan fingerprint density at radius 2 is 1.93 bits per heavy atom. The molecule has 4 heteroatoms. The molecule has 0 saturated carbocycles. The van der Waals surface area contributed by atoms with E-state index in [9.17, 15) is 9.90 Å². The van der Waals surface area contributed by atoms with Gasteiger partial charge in [-0.25, -0.2) is 0 Å². The van der Waals surface area contributed by atoms with Crippen LogP contribution < -0.4 is 14.6 Å². The fourth-order valence-corrected chi connectivity index (χ4v) is 0.955. The SMILES string of the molecule is COc1ccccc1O[C@@H](C)C(=O)[O-]. The number of rotatable bonds is 4. The summed E-state index contributed by atoms with van der Waals surface area (Å²) in [5.41, 5.74) is 0. The second-order valence-electron chi connectivity index (χ2n) is 2.73. The molecule has 0 radical (unpaired) electrons. The van der Waals surface area contributed by atoms with Crippen LogP contribution in [0.4, 0.5) is 0 Å². The molecule has 0 aliphatic carbocycles. The molecule has 4 nitrogen and oxygen atoms in total. The third-order valence-corrected chi connectivity index (χ3v) is 1.70. The van der Waals surface area contributed by atoms with Gasteiger partial charge in [-0.3, -0.25) is 0 Å². The zero-order valence-corrected chi connectivity index (χ0v) is 8.02. The van der Waals surface area contributed by atoms with Crippen LogP contribution >= 0.6 is 0 Å². The quantitative estimate of drug-likeness (QED) is 0.689. The van der Waals surface area contributed by atoms with E-state index in [1.807, 2.05) is 0 Å². The number of methoxy groups -OCH3 is 1. The first-order valence-electron chi connectivity index (χ1n) is 4.15. The van der Waals surface area contributed by atoms with Crippen LogP contribution in [0.25, 0.3) is 0 Å². The second-order valence-corrected chi connectivity index (χ2v) is 2.73. The highest BCUT2D eigenvalue weighted by Crippen LogP contribution is 2.26. The van der Waals surface area contributed by atoms with E-state index in [0.717, 1.165) is 0 Å². The Morgan fingerprint density at radius 1 is 1.36 bits per heavy atom. The van der Waals surface area contributed by atoms with Gasteiger partial charge in [0.1, 0.15) is 6.10 Å². The van der Waals surface area contributed by atoms with E-state index < -0.39 is 12.1 Å². The van der Waals surface area contributed by atoms with E-state index in [1.54, 1.807) is 24.3 Å². The van der Waals surface area contributed by atoms with E-state index >= 15 is 0 Å². The van der Waals surface area contributed by atoms with Gasteiger partial charge < -0.3 is 19.4 Å². The molecule has 1 atom stereocenters. The molecule has 0 unspecified atom stereocenters. The zero-order chi connectivity index (χ0) is 10.6. The van der Waals surface area contributed by atoms with Crippen LogP contribution in [0.15, 0.2) is 24.3 Å². The largest absolute Gasteiger partial charge is 0.546 e. The number of hydrogen-bond donors (Lipinski definition) is 0. The number of carbonyl (C=O) groups is 1.